The number of ether oxygens (including phenoxy) is 1. The molecule has 0 unspecified atom stereocenters. The number of amides is 1. The molecule has 0 heterocycles. The number of hydrogen-bond acceptors (Lipinski definition) is 3. The Morgan fingerprint density at radius 3 is 2.58 bits per heavy atom. The van der Waals surface area contributed by atoms with Gasteiger partial charge in [0.2, 0.25) is 0 Å². The summed E-state index contributed by atoms with van der Waals surface area (Å²) in [5.41, 5.74) is 6.65. The summed E-state index contributed by atoms with van der Waals surface area (Å²) in [5, 5.41) is 2.59. The Morgan fingerprint density at radius 2 is 1.84 bits per heavy atom. The van der Waals surface area contributed by atoms with Crippen molar-refractivity contribution in [3.05, 3.63) is 54.3 Å². The van der Waals surface area contributed by atoms with Gasteiger partial charge in [0.05, 0.1) is 11.4 Å². The van der Waals surface area contributed by atoms with E-state index in [1.807, 2.05) is 0 Å². The van der Waals surface area contributed by atoms with Gasteiger partial charge in [-0.3, -0.25) is 4.79 Å². The summed E-state index contributed by atoms with van der Waals surface area (Å²) < 4.78 is 18.3. The van der Waals surface area contributed by atoms with Gasteiger partial charge in [0, 0.05) is 0 Å². The number of anilines is 2. The molecule has 4 nitrogen and oxygen atoms in total. The summed E-state index contributed by atoms with van der Waals surface area (Å²) in [7, 11) is 0. The highest BCUT2D eigenvalue weighted by Gasteiger charge is 2.07. The summed E-state index contributed by atoms with van der Waals surface area (Å²) in [5.74, 6) is -0.866. The van der Waals surface area contributed by atoms with Gasteiger partial charge in [0.15, 0.2) is 18.2 Å². The summed E-state index contributed by atoms with van der Waals surface area (Å²) in [6, 6.07) is 12.8. The zero-order valence-electron chi connectivity index (χ0n) is 10.1. The molecule has 0 aromatic heterocycles. The lowest BCUT2D eigenvalue weighted by atomic mass is 10.2. The number of nitrogens with two attached hydrogens (primary N) is 1. The number of carbonyl (C=O) groups is 1. The van der Waals surface area contributed by atoms with Crippen LogP contribution in [-0.4, -0.2) is 12.5 Å². The van der Waals surface area contributed by atoms with Gasteiger partial charge in [0.25, 0.3) is 5.91 Å². The van der Waals surface area contributed by atoms with Crippen molar-refractivity contribution in [3.8, 4) is 5.75 Å². The maximum absolute atomic E-state index is 13.3. The van der Waals surface area contributed by atoms with Crippen molar-refractivity contribution in [2.24, 2.45) is 0 Å². The van der Waals surface area contributed by atoms with Crippen molar-refractivity contribution < 1.29 is 13.9 Å². The van der Waals surface area contributed by atoms with Crippen LogP contribution in [0.3, 0.4) is 0 Å². The minimum atomic E-state index is -0.505. The SMILES string of the molecule is Nc1ccccc1NC(=O)COc1ccccc1F. The van der Waals surface area contributed by atoms with E-state index in [0.29, 0.717) is 11.4 Å². The van der Waals surface area contributed by atoms with Crippen LogP contribution in [0.5, 0.6) is 5.75 Å². The van der Waals surface area contributed by atoms with Crippen LogP contribution in [-0.2, 0) is 4.79 Å². The molecule has 2 aromatic carbocycles. The molecule has 0 saturated carbocycles. The highest BCUT2D eigenvalue weighted by atomic mass is 19.1. The van der Waals surface area contributed by atoms with Crippen LogP contribution in [0.25, 0.3) is 0 Å². The van der Waals surface area contributed by atoms with Crippen LogP contribution in [0.1, 0.15) is 0 Å². The van der Waals surface area contributed by atoms with E-state index in [0.717, 1.165) is 0 Å². The minimum absolute atomic E-state index is 0.0404. The molecule has 3 N–H and O–H groups in total. The molecule has 98 valence electrons. The van der Waals surface area contributed by atoms with Crippen molar-refractivity contribution in [1.29, 1.82) is 0 Å². The highest BCUT2D eigenvalue weighted by Crippen LogP contribution is 2.17. The first-order chi connectivity index (χ1) is 9.16. The van der Waals surface area contributed by atoms with E-state index in [1.54, 1.807) is 36.4 Å². The first-order valence-electron chi connectivity index (χ1n) is 5.68. The lowest BCUT2D eigenvalue weighted by molar-refractivity contribution is -0.118. The molecule has 19 heavy (non-hydrogen) atoms. The van der Waals surface area contributed by atoms with Crippen molar-refractivity contribution in [1.82, 2.24) is 0 Å². The van der Waals surface area contributed by atoms with E-state index in [-0.39, 0.29) is 12.4 Å². The number of hydrogen-bond donors (Lipinski definition) is 2. The number of nitrogens with one attached hydrogen (secondary N) is 1. The molecule has 0 atom stereocenters. The van der Waals surface area contributed by atoms with Gasteiger partial charge in [-0.1, -0.05) is 24.3 Å². The summed E-state index contributed by atoms with van der Waals surface area (Å²) in [6.07, 6.45) is 0. The molecule has 0 saturated heterocycles. The van der Waals surface area contributed by atoms with E-state index < -0.39 is 11.7 Å². The number of benzene rings is 2. The van der Waals surface area contributed by atoms with Crippen molar-refractivity contribution in [2.75, 3.05) is 17.7 Å². The Hall–Kier alpha value is -2.56. The zero-order valence-corrected chi connectivity index (χ0v) is 10.1. The second kappa shape index (κ2) is 5.86. The van der Waals surface area contributed by atoms with Crippen molar-refractivity contribution in [2.45, 2.75) is 0 Å². The van der Waals surface area contributed by atoms with Crippen LogP contribution in [0.15, 0.2) is 48.5 Å². The molecular formula is C14H13FN2O2. The first-order valence-corrected chi connectivity index (χ1v) is 5.68. The Morgan fingerprint density at radius 1 is 1.16 bits per heavy atom. The molecule has 0 spiro atoms. The van der Waals surface area contributed by atoms with Crippen molar-refractivity contribution >= 4 is 17.3 Å². The predicted molar refractivity (Wildman–Crippen MR) is 71.4 cm³/mol. The van der Waals surface area contributed by atoms with Crippen LogP contribution < -0.4 is 15.8 Å². The molecule has 0 fully saturated rings. The third-order valence-corrected chi connectivity index (χ3v) is 2.43. The summed E-state index contributed by atoms with van der Waals surface area (Å²) in [6.45, 7) is -0.282. The average Bonchev–Trinajstić information content (AvgIpc) is 2.40. The molecule has 0 aliphatic carbocycles. The fraction of sp³-hybridized carbons (Fsp3) is 0.0714. The van der Waals surface area contributed by atoms with Gasteiger partial charge in [-0.25, -0.2) is 4.39 Å². The molecular weight excluding hydrogens is 247 g/mol. The molecule has 0 radical (unpaired) electrons. The van der Waals surface area contributed by atoms with Crippen LogP contribution in [0.4, 0.5) is 15.8 Å². The number of rotatable bonds is 4. The Bertz CT molecular complexity index is 587. The van der Waals surface area contributed by atoms with E-state index in [4.69, 9.17) is 10.5 Å². The van der Waals surface area contributed by atoms with Gasteiger partial charge in [0.1, 0.15) is 0 Å². The molecule has 2 aromatic rings. The van der Waals surface area contributed by atoms with Gasteiger partial charge in [-0.15, -0.1) is 0 Å². The Balaban J connectivity index is 1.92. The number of carbonyl (C=O) groups excluding carboxylic acids is 1. The fourth-order valence-electron chi connectivity index (χ4n) is 1.50. The van der Waals surface area contributed by atoms with Crippen LogP contribution in [0.2, 0.25) is 0 Å². The zero-order chi connectivity index (χ0) is 13.7. The van der Waals surface area contributed by atoms with Gasteiger partial charge >= 0.3 is 0 Å². The second-order valence-electron chi connectivity index (χ2n) is 3.85. The number of nitrogen functional groups attached to an aromatic ring is 1. The normalized spacial score (nSPS) is 9.95. The van der Waals surface area contributed by atoms with Crippen molar-refractivity contribution in [3.63, 3.8) is 0 Å². The molecule has 0 bridgehead atoms. The summed E-state index contributed by atoms with van der Waals surface area (Å²) in [4.78, 5) is 11.6. The Labute approximate surface area is 110 Å². The monoisotopic (exact) mass is 260 g/mol. The maximum atomic E-state index is 13.3. The molecule has 5 heteroatoms. The number of halogens is 1. The standard InChI is InChI=1S/C14H13FN2O2/c15-10-5-1-4-8-13(10)19-9-14(18)17-12-7-3-2-6-11(12)16/h1-8H,9,16H2,(H,17,18). The van der Waals surface area contributed by atoms with E-state index in [1.165, 1.54) is 12.1 Å². The lowest BCUT2D eigenvalue weighted by Crippen LogP contribution is -2.21. The van der Waals surface area contributed by atoms with E-state index in [2.05, 4.69) is 5.32 Å². The first kappa shape index (κ1) is 12.9. The third kappa shape index (κ3) is 3.45. The second-order valence-corrected chi connectivity index (χ2v) is 3.85. The van der Waals surface area contributed by atoms with Gasteiger partial charge < -0.3 is 15.8 Å². The molecule has 2 rings (SSSR count). The van der Waals surface area contributed by atoms with Crippen LogP contribution in [0, 0.1) is 5.82 Å². The summed E-state index contributed by atoms with van der Waals surface area (Å²) >= 11 is 0. The molecule has 1 amide bonds. The topological polar surface area (TPSA) is 64.3 Å². The number of para-hydroxylation sites is 3. The quantitative estimate of drug-likeness (QED) is 0.830. The van der Waals surface area contributed by atoms with Gasteiger partial charge in [-0.2, -0.15) is 0 Å². The smallest absolute Gasteiger partial charge is 0.262 e. The third-order valence-electron chi connectivity index (χ3n) is 2.43. The highest BCUT2D eigenvalue weighted by molar-refractivity contribution is 5.94. The minimum Gasteiger partial charge on any atom is -0.481 e. The van der Waals surface area contributed by atoms with E-state index in [9.17, 15) is 9.18 Å². The maximum Gasteiger partial charge on any atom is 0.262 e. The molecule has 0 aliphatic rings. The van der Waals surface area contributed by atoms with E-state index >= 15 is 0 Å². The van der Waals surface area contributed by atoms with Gasteiger partial charge in [-0.05, 0) is 24.3 Å². The largest absolute Gasteiger partial charge is 0.481 e. The predicted octanol–water partition coefficient (Wildman–Crippen LogP) is 2.43. The lowest BCUT2D eigenvalue weighted by Gasteiger charge is -2.09. The Kier molecular flexibility index (Phi) is 3.97. The fourth-order valence-corrected chi connectivity index (χ4v) is 1.50. The molecule has 0 aliphatic heterocycles. The van der Waals surface area contributed by atoms with Crippen LogP contribution >= 0.6 is 0 Å². The average molecular weight is 260 g/mol.